The predicted octanol–water partition coefficient (Wildman–Crippen LogP) is 5.47. The molecule has 0 bridgehead atoms. The molecule has 0 amide bonds. The van der Waals surface area contributed by atoms with Crippen LogP contribution >= 0.6 is 15.9 Å². The van der Waals surface area contributed by atoms with Gasteiger partial charge in [0.25, 0.3) is 0 Å². The fourth-order valence-electron chi connectivity index (χ4n) is 3.26. The van der Waals surface area contributed by atoms with Crippen molar-refractivity contribution in [1.82, 2.24) is 5.32 Å². The molecule has 1 saturated carbocycles. The molecule has 0 saturated heterocycles. The number of rotatable bonds is 4. The van der Waals surface area contributed by atoms with Crippen molar-refractivity contribution in [2.45, 2.75) is 64.8 Å². The predicted molar refractivity (Wildman–Crippen MR) is 91.1 cm³/mol. The second-order valence-corrected chi connectivity index (χ2v) is 8.35. The summed E-state index contributed by atoms with van der Waals surface area (Å²) in [6.45, 7) is 7.64. The summed E-state index contributed by atoms with van der Waals surface area (Å²) in [5.41, 5.74) is 1.50. The van der Waals surface area contributed by atoms with Crippen LogP contribution in [0.1, 0.15) is 58.4 Å². The third kappa shape index (κ3) is 4.79. The van der Waals surface area contributed by atoms with Gasteiger partial charge in [-0.3, -0.25) is 0 Å². The molecule has 1 aromatic carbocycles. The van der Waals surface area contributed by atoms with Crippen molar-refractivity contribution in [2.75, 3.05) is 6.54 Å². The van der Waals surface area contributed by atoms with Crippen LogP contribution in [-0.2, 0) is 6.42 Å². The van der Waals surface area contributed by atoms with Gasteiger partial charge < -0.3 is 5.32 Å². The first-order valence-corrected chi connectivity index (χ1v) is 8.79. The minimum absolute atomic E-state index is 0.129. The molecule has 0 spiro atoms. The van der Waals surface area contributed by atoms with Gasteiger partial charge in [0.15, 0.2) is 0 Å². The number of benzene rings is 1. The molecule has 1 aromatic rings. The average molecular weight is 356 g/mol. The quantitative estimate of drug-likeness (QED) is 0.754. The topological polar surface area (TPSA) is 12.0 Å². The molecule has 3 heteroatoms. The second kappa shape index (κ2) is 6.78. The van der Waals surface area contributed by atoms with E-state index in [4.69, 9.17) is 0 Å². The number of nitrogens with one attached hydrogen (secondary N) is 1. The van der Waals surface area contributed by atoms with Gasteiger partial charge in [-0.2, -0.15) is 0 Å². The molecule has 1 nitrogen and oxygen atoms in total. The lowest BCUT2D eigenvalue weighted by Crippen LogP contribution is -2.45. The maximum Gasteiger partial charge on any atom is 0.137 e. The van der Waals surface area contributed by atoms with E-state index in [1.165, 1.54) is 38.2 Å². The van der Waals surface area contributed by atoms with E-state index in [0.717, 1.165) is 18.5 Å². The van der Waals surface area contributed by atoms with Crippen LogP contribution in [0.25, 0.3) is 0 Å². The summed E-state index contributed by atoms with van der Waals surface area (Å²) < 4.78 is 14.4. The molecular weight excluding hydrogens is 329 g/mol. The smallest absolute Gasteiger partial charge is 0.137 e. The average Bonchev–Trinajstić information content (AvgIpc) is 2.42. The van der Waals surface area contributed by atoms with Crippen LogP contribution in [0, 0.1) is 11.2 Å². The molecule has 1 fully saturated rings. The minimum Gasteiger partial charge on any atom is -0.312 e. The highest BCUT2D eigenvalue weighted by Crippen LogP contribution is 2.40. The Labute approximate surface area is 136 Å². The van der Waals surface area contributed by atoms with Crippen LogP contribution < -0.4 is 5.32 Å². The summed E-state index contributed by atoms with van der Waals surface area (Å²) >= 11 is 3.43. The Kier molecular flexibility index (Phi) is 5.48. The van der Waals surface area contributed by atoms with Crippen LogP contribution in [-0.4, -0.2) is 12.1 Å². The molecule has 0 aliphatic heterocycles. The van der Waals surface area contributed by atoms with Gasteiger partial charge in [-0.25, -0.2) is 4.39 Å². The zero-order chi connectivity index (χ0) is 15.5. The highest BCUT2D eigenvalue weighted by Gasteiger charge is 2.33. The molecule has 1 aliphatic rings. The van der Waals surface area contributed by atoms with Gasteiger partial charge in [0.05, 0.1) is 4.47 Å². The second-order valence-electron chi connectivity index (χ2n) is 7.55. The first-order valence-electron chi connectivity index (χ1n) is 7.99. The lowest BCUT2D eigenvalue weighted by Gasteiger charge is -2.40. The van der Waals surface area contributed by atoms with Gasteiger partial charge in [0.1, 0.15) is 5.82 Å². The number of hydrogen-bond donors (Lipinski definition) is 1. The van der Waals surface area contributed by atoms with Gasteiger partial charge in [0.2, 0.25) is 0 Å². The van der Waals surface area contributed by atoms with Crippen molar-refractivity contribution in [2.24, 2.45) is 5.41 Å². The number of hydrogen-bond acceptors (Lipinski definition) is 1. The Balaban J connectivity index is 2.17. The zero-order valence-electron chi connectivity index (χ0n) is 13.4. The Hall–Kier alpha value is -0.410. The van der Waals surface area contributed by atoms with Gasteiger partial charge in [-0.05, 0) is 73.0 Å². The molecule has 1 aliphatic carbocycles. The SMILES string of the molecule is CC(C)(C)NCC1(Cc2cccc(F)c2Br)CCCCC1. The van der Waals surface area contributed by atoms with Gasteiger partial charge in [0, 0.05) is 12.1 Å². The lowest BCUT2D eigenvalue weighted by atomic mass is 9.70. The zero-order valence-corrected chi connectivity index (χ0v) is 15.0. The van der Waals surface area contributed by atoms with Crippen molar-refractivity contribution < 1.29 is 4.39 Å². The lowest BCUT2D eigenvalue weighted by molar-refractivity contribution is 0.165. The molecule has 0 aromatic heterocycles. The van der Waals surface area contributed by atoms with Crippen LogP contribution in [0.15, 0.2) is 22.7 Å². The largest absolute Gasteiger partial charge is 0.312 e. The van der Waals surface area contributed by atoms with E-state index in [-0.39, 0.29) is 16.8 Å². The van der Waals surface area contributed by atoms with E-state index < -0.39 is 0 Å². The van der Waals surface area contributed by atoms with Crippen molar-refractivity contribution in [3.8, 4) is 0 Å². The summed E-state index contributed by atoms with van der Waals surface area (Å²) in [7, 11) is 0. The van der Waals surface area contributed by atoms with Gasteiger partial charge in [-0.15, -0.1) is 0 Å². The van der Waals surface area contributed by atoms with Crippen molar-refractivity contribution in [3.05, 3.63) is 34.1 Å². The molecule has 0 radical (unpaired) electrons. The molecule has 0 unspecified atom stereocenters. The Morgan fingerprint density at radius 3 is 2.48 bits per heavy atom. The first-order chi connectivity index (χ1) is 9.81. The van der Waals surface area contributed by atoms with Crippen LogP contribution in [0.3, 0.4) is 0 Å². The van der Waals surface area contributed by atoms with E-state index in [0.29, 0.717) is 4.47 Å². The summed E-state index contributed by atoms with van der Waals surface area (Å²) in [5, 5.41) is 3.68. The minimum atomic E-state index is -0.151. The molecule has 0 heterocycles. The summed E-state index contributed by atoms with van der Waals surface area (Å²) in [4.78, 5) is 0. The maximum atomic E-state index is 13.8. The normalized spacial score (nSPS) is 18.7. The highest BCUT2D eigenvalue weighted by atomic mass is 79.9. The van der Waals surface area contributed by atoms with E-state index in [9.17, 15) is 4.39 Å². The van der Waals surface area contributed by atoms with Gasteiger partial charge in [-0.1, -0.05) is 31.4 Å². The van der Waals surface area contributed by atoms with Gasteiger partial charge >= 0.3 is 0 Å². The fourth-order valence-corrected chi connectivity index (χ4v) is 3.66. The Bertz CT molecular complexity index is 473. The monoisotopic (exact) mass is 355 g/mol. The molecule has 2 rings (SSSR count). The molecule has 21 heavy (non-hydrogen) atoms. The van der Waals surface area contributed by atoms with Crippen molar-refractivity contribution in [1.29, 1.82) is 0 Å². The van der Waals surface area contributed by atoms with Crippen molar-refractivity contribution in [3.63, 3.8) is 0 Å². The summed E-state index contributed by atoms with van der Waals surface area (Å²) in [6, 6.07) is 5.40. The summed E-state index contributed by atoms with van der Waals surface area (Å²) in [5.74, 6) is -0.151. The number of halogens is 2. The van der Waals surface area contributed by atoms with E-state index >= 15 is 0 Å². The summed E-state index contributed by atoms with van der Waals surface area (Å²) in [6.07, 6.45) is 7.34. The molecule has 118 valence electrons. The Morgan fingerprint density at radius 2 is 1.86 bits per heavy atom. The van der Waals surface area contributed by atoms with Crippen LogP contribution in [0.4, 0.5) is 4.39 Å². The third-order valence-corrected chi connectivity index (χ3v) is 5.39. The van der Waals surface area contributed by atoms with Crippen molar-refractivity contribution >= 4 is 15.9 Å². The fraction of sp³-hybridized carbons (Fsp3) is 0.667. The molecule has 1 N–H and O–H groups in total. The van der Waals surface area contributed by atoms with Crippen LogP contribution in [0.2, 0.25) is 0 Å². The molecular formula is C18H27BrFN. The van der Waals surface area contributed by atoms with E-state index in [1.54, 1.807) is 0 Å². The molecule has 0 atom stereocenters. The van der Waals surface area contributed by atoms with E-state index in [1.807, 2.05) is 6.07 Å². The van der Waals surface area contributed by atoms with Crippen LogP contribution in [0.5, 0.6) is 0 Å². The Morgan fingerprint density at radius 1 is 1.19 bits per heavy atom. The highest BCUT2D eigenvalue weighted by molar-refractivity contribution is 9.10. The van der Waals surface area contributed by atoms with E-state index in [2.05, 4.69) is 48.1 Å². The first kappa shape index (κ1) is 17.0. The standard InChI is InChI=1S/C18H27BrFN/c1-17(2,3)21-13-18(10-5-4-6-11-18)12-14-8-7-9-15(20)16(14)19/h7-9,21H,4-6,10-13H2,1-3H3. The maximum absolute atomic E-state index is 13.8. The third-order valence-electron chi connectivity index (χ3n) is 4.50.